The van der Waals surface area contributed by atoms with Gasteiger partial charge >= 0.3 is 5.97 Å². The Bertz CT molecular complexity index is 399. The van der Waals surface area contributed by atoms with Crippen LogP contribution in [0, 0.1) is 0 Å². The Balaban J connectivity index is 2.30. The molecule has 3 heteroatoms. The van der Waals surface area contributed by atoms with Gasteiger partial charge in [0.1, 0.15) is 0 Å². The Labute approximate surface area is 95.8 Å². The maximum atomic E-state index is 11.9. The summed E-state index contributed by atoms with van der Waals surface area (Å²) in [6.07, 6.45) is 1.95. The number of esters is 1. The normalized spacial score (nSPS) is 14.2. The zero-order chi connectivity index (χ0) is 11.5. The lowest BCUT2D eigenvalue weighted by Gasteiger charge is -2.20. The zero-order valence-electron chi connectivity index (χ0n) is 9.75. The van der Waals surface area contributed by atoms with Crippen LogP contribution in [0.2, 0.25) is 0 Å². The molecule has 16 heavy (non-hydrogen) atoms. The Morgan fingerprint density at radius 1 is 1.44 bits per heavy atom. The van der Waals surface area contributed by atoms with Gasteiger partial charge in [-0.1, -0.05) is 6.07 Å². The lowest BCUT2D eigenvalue weighted by atomic mass is 9.98. The third-order valence-corrected chi connectivity index (χ3v) is 2.66. The third kappa shape index (κ3) is 2.18. The first kappa shape index (κ1) is 11.0. The molecular weight excluding hydrogens is 202 g/mol. The van der Waals surface area contributed by atoms with E-state index in [1.54, 1.807) is 0 Å². The molecule has 0 atom stereocenters. The lowest BCUT2D eigenvalue weighted by Crippen LogP contribution is -2.18. The molecule has 1 aliphatic rings. The van der Waals surface area contributed by atoms with Crippen molar-refractivity contribution in [2.24, 2.45) is 0 Å². The Kier molecular flexibility index (Phi) is 3.13. The predicted octanol–water partition coefficient (Wildman–Crippen LogP) is 2.61. The van der Waals surface area contributed by atoms with Crippen molar-refractivity contribution < 1.29 is 9.53 Å². The summed E-state index contributed by atoms with van der Waals surface area (Å²) < 4.78 is 5.24. The summed E-state index contributed by atoms with van der Waals surface area (Å²) in [5.41, 5.74) is 2.88. The van der Waals surface area contributed by atoms with Crippen LogP contribution < -0.4 is 5.32 Å². The van der Waals surface area contributed by atoms with Crippen molar-refractivity contribution in [2.45, 2.75) is 32.8 Å². The van der Waals surface area contributed by atoms with E-state index in [4.69, 9.17) is 4.74 Å². The van der Waals surface area contributed by atoms with Crippen LogP contribution in [0.25, 0.3) is 0 Å². The number of anilines is 1. The molecule has 1 aromatic carbocycles. The molecule has 2 rings (SSSR count). The van der Waals surface area contributed by atoms with E-state index in [-0.39, 0.29) is 12.1 Å². The Hall–Kier alpha value is -1.51. The molecule has 0 aromatic heterocycles. The van der Waals surface area contributed by atoms with Gasteiger partial charge in [-0.3, -0.25) is 0 Å². The molecule has 1 N–H and O–H groups in total. The number of ether oxygens (including phenoxy) is 1. The molecule has 0 amide bonds. The first-order valence-corrected chi connectivity index (χ1v) is 5.75. The van der Waals surface area contributed by atoms with E-state index in [1.807, 2.05) is 32.0 Å². The van der Waals surface area contributed by atoms with E-state index in [9.17, 15) is 4.79 Å². The molecule has 0 bridgehead atoms. The van der Waals surface area contributed by atoms with Gasteiger partial charge in [0, 0.05) is 12.2 Å². The lowest BCUT2D eigenvalue weighted by molar-refractivity contribution is 0.0376. The summed E-state index contributed by atoms with van der Waals surface area (Å²) in [6.45, 7) is 4.72. The van der Waals surface area contributed by atoms with E-state index in [1.165, 1.54) is 0 Å². The van der Waals surface area contributed by atoms with Crippen LogP contribution in [-0.2, 0) is 11.2 Å². The maximum Gasteiger partial charge on any atom is 0.338 e. The highest BCUT2D eigenvalue weighted by molar-refractivity contribution is 5.93. The number of hydrogen-bond donors (Lipinski definition) is 1. The van der Waals surface area contributed by atoms with E-state index >= 15 is 0 Å². The van der Waals surface area contributed by atoms with E-state index in [0.29, 0.717) is 5.56 Å². The van der Waals surface area contributed by atoms with Gasteiger partial charge in [-0.15, -0.1) is 0 Å². The average Bonchev–Trinajstić information content (AvgIpc) is 2.27. The van der Waals surface area contributed by atoms with Crippen LogP contribution in [0.1, 0.15) is 36.2 Å². The molecule has 1 heterocycles. The van der Waals surface area contributed by atoms with Crippen molar-refractivity contribution >= 4 is 11.7 Å². The highest BCUT2D eigenvalue weighted by Crippen LogP contribution is 2.25. The van der Waals surface area contributed by atoms with E-state index in [0.717, 1.165) is 30.6 Å². The quantitative estimate of drug-likeness (QED) is 0.777. The standard InChI is InChI=1S/C13H17NO2/c1-9(2)16-13(15)11-5-3-7-12-10(11)6-4-8-14-12/h3,5,7,9,14H,4,6,8H2,1-2H3. The number of carbonyl (C=O) groups excluding carboxylic acids is 1. The van der Waals surface area contributed by atoms with E-state index in [2.05, 4.69) is 5.32 Å². The number of hydrogen-bond acceptors (Lipinski definition) is 3. The van der Waals surface area contributed by atoms with Gasteiger partial charge in [-0.2, -0.15) is 0 Å². The summed E-state index contributed by atoms with van der Waals surface area (Å²) in [4.78, 5) is 11.9. The SMILES string of the molecule is CC(C)OC(=O)c1cccc2c1CCCN2. The van der Waals surface area contributed by atoms with Gasteiger partial charge in [-0.25, -0.2) is 4.79 Å². The number of fused-ring (bicyclic) bond motifs is 1. The first-order chi connectivity index (χ1) is 7.68. The molecule has 3 nitrogen and oxygen atoms in total. The van der Waals surface area contributed by atoms with Crippen molar-refractivity contribution in [3.8, 4) is 0 Å². The second kappa shape index (κ2) is 4.56. The van der Waals surface area contributed by atoms with Crippen molar-refractivity contribution in [3.05, 3.63) is 29.3 Å². The second-order valence-electron chi connectivity index (χ2n) is 4.32. The Morgan fingerprint density at radius 3 is 3.00 bits per heavy atom. The van der Waals surface area contributed by atoms with Gasteiger partial charge in [0.05, 0.1) is 11.7 Å². The van der Waals surface area contributed by atoms with Gasteiger partial charge in [0.2, 0.25) is 0 Å². The predicted molar refractivity (Wildman–Crippen MR) is 63.8 cm³/mol. The maximum absolute atomic E-state index is 11.9. The molecule has 0 fully saturated rings. The van der Waals surface area contributed by atoms with Crippen LogP contribution in [0.4, 0.5) is 5.69 Å². The molecule has 1 aromatic rings. The molecule has 1 aliphatic heterocycles. The van der Waals surface area contributed by atoms with Gasteiger partial charge in [0.15, 0.2) is 0 Å². The second-order valence-corrected chi connectivity index (χ2v) is 4.32. The monoisotopic (exact) mass is 219 g/mol. The van der Waals surface area contributed by atoms with Crippen molar-refractivity contribution in [3.63, 3.8) is 0 Å². The number of rotatable bonds is 2. The van der Waals surface area contributed by atoms with Crippen molar-refractivity contribution in [2.75, 3.05) is 11.9 Å². The number of benzene rings is 1. The molecule has 0 saturated heterocycles. The van der Waals surface area contributed by atoms with Gasteiger partial charge < -0.3 is 10.1 Å². The summed E-state index contributed by atoms with van der Waals surface area (Å²) in [7, 11) is 0. The first-order valence-electron chi connectivity index (χ1n) is 5.75. The molecule has 86 valence electrons. The highest BCUT2D eigenvalue weighted by atomic mass is 16.5. The third-order valence-electron chi connectivity index (χ3n) is 2.66. The average molecular weight is 219 g/mol. The smallest absolute Gasteiger partial charge is 0.338 e. The molecule has 0 unspecified atom stereocenters. The minimum Gasteiger partial charge on any atom is -0.459 e. The van der Waals surface area contributed by atoms with Crippen molar-refractivity contribution in [1.82, 2.24) is 0 Å². The topological polar surface area (TPSA) is 38.3 Å². The summed E-state index contributed by atoms with van der Waals surface area (Å²) >= 11 is 0. The minimum absolute atomic E-state index is 0.0695. The summed E-state index contributed by atoms with van der Waals surface area (Å²) in [5, 5.41) is 3.30. The molecule has 0 radical (unpaired) electrons. The zero-order valence-corrected chi connectivity index (χ0v) is 9.75. The minimum atomic E-state index is -0.212. The fraction of sp³-hybridized carbons (Fsp3) is 0.462. The fourth-order valence-electron chi connectivity index (χ4n) is 1.98. The number of nitrogens with one attached hydrogen (secondary N) is 1. The molecular formula is C13H17NO2. The summed E-state index contributed by atoms with van der Waals surface area (Å²) in [5.74, 6) is -0.212. The Morgan fingerprint density at radius 2 is 2.25 bits per heavy atom. The molecule has 0 saturated carbocycles. The fourth-order valence-corrected chi connectivity index (χ4v) is 1.98. The number of carbonyl (C=O) groups is 1. The molecule has 0 aliphatic carbocycles. The summed E-state index contributed by atoms with van der Waals surface area (Å²) in [6, 6.07) is 5.76. The van der Waals surface area contributed by atoms with Crippen LogP contribution in [0.15, 0.2) is 18.2 Å². The molecule has 0 spiro atoms. The highest BCUT2D eigenvalue weighted by Gasteiger charge is 2.18. The van der Waals surface area contributed by atoms with Gasteiger partial charge in [0.25, 0.3) is 0 Å². The largest absolute Gasteiger partial charge is 0.459 e. The van der Waals surface area contributed by atoms with Crippen molar-refractivity contribution in [1.29, 1.82) is 0 Å². The van der Waals surface area contributed by atoms with Crippen LogP contribution >= 0.6 is 0 Å². The van der Waals surface area contributed by atoms with E-state index < -0.39 is 0 Å². The van der Waals surface area contributed by atoms with Gasteiger partial charge in [-0.05, 0) is 44.4 Å². The van der Waals surface area contributed by atoms with Crippen LogP contribution in [-0.4, -0.2) is 18.6 Å². The van der Waals surface area contributed by atoms with Crippen LogP contribution in [0.3, 0.4) is 0 Å². The van der Waals surface area contributed by atoms with Crippen LogP contribution in [0.5, 0.6) is 0 Å².